The van der Waals surface area contributed by atoms with Gasteiger partial charge in [0.2, 0.25) is 0 Å². The van der Waals surface area contributed by atoms with E-state index in [9.17, 15) is 18.3 Å². The number of benzene rings is 2. The monoisotopic (exact) mass is 267 g/mol. The third-order valence-corrected chi connectivity index (χ3v) is 2.76. The lowest BCUT2D eigenvalue weighted by atomic mass is 10.1. The van der Waals surface area contributed by atoms with Crippen LogP contribution in [0.5, 0.6) is 5.75 Å². The zero-order valence-electron chi connectivity index (χ0n) is 10.1. The highest BCUT2D eigenvalue weighted by atomic mass is 19.1. The van der Waals surface area contributed by atoms with Gasteiger partial charge < -0.3 is 10.4 Å². The van der Waals surface area contributed by atoms with Gasteiger partial charge in [-0.15, -0.1) is 0 Å². The van der Waals surface area contributed by atoms with Crippen LogP contribution in [0.4, 0.5) is 18.9 Å². The second kappa shape index (κ2) is 5.22. The molecule has 2 aromatic carbocycles. The zero-order chi connectivity index (χ0) is 14.0. The van der Waals surface area contributed by atoms with E-state index in [-0.39, 0.29) is 11.4 Å². The van der Waals surface area contributed by atoms with Gasteiger partial charge in [0.1, 0.15) is 23.2 Å². The number of hydrogen-bond donors (Lipinski definition) is 2. The summed E-state index contributed by atoms with van der Waals surface area (Å²) in [7, 11) is 0. The minimum Gasteiger partial charge on any atom is -0.507 e. The maximum Gasteiger partial charge on any atom is 0.146 e. The third-order valence-electron chi connectivity index (χ3n) is 2.76. The van der Waals surface area contributed by atoms with E-state index in [4.69, 9.17) is 0 Å². The molecule has 0 heterocycles. The predicted octanol–water partition coefficient (Wildman–Crippen LogP) is 3.98. The molecular formula is C14H12F3NO. The van der Waals surface area contributed by atoms with Gasteiger partial charge in [-0.3, -0.25) is 0 Å². The molecule has 0 bridgehead atoms. The molecule has 0 aliphatic rings. The number of nitrogens with one attached hydrogen (secondary N) is 1. The van der Waals surface area contributed by atoms with E-state index in [1.807, 2.05) is 0 Å². The lowest BCUT2D eigenvalue weighted by molar-refractivity contribution is 0.459. The first-order valence-electron chi connectivity index (χ1n) is 5.67. The first kappa shape index (κ1) is 13.3. The van der Waals surface area contributed by atoms with Crippen molar-refractivity contribution in [3.8, 4) is 5.75 Å². The van der Waals surface area contributed by atoms with E-state index >= 15 is 0 Å². The first-order valence-corrected chi connectivity index (χ1v) is 5.67. The summed E-state index contributed by atoms with van der Waals surface area (Å²) in [6, 6.07) is 6.09. The quantitative estimate of drug-likeness (QED) is 0.881. The molecule has 0 saturated heterocycles. The average molecular weight is 267 g/mol. The molecule has 2 rings (SSSR count). The minimum atomic E-state index is -0.602. The van der Waals surface area contributed by atoms with Crippen molar-refractivity contribution in [2.24, 2.45) is 0 Å². The number of halogens is 3. The van der Waals surface area contributed by atoms with E-state index in [1.54, 1.807) is 6.92 Å². The van der Waals surface area contributed by atoms with Crippen LogP contribution in [0.1, 0.15) is 18.5 Å². The topological polar surface area (TPSA) is 32.3 Å². The number of phenols is 1. The lowest BCUT2D eigenvalue weighted by Gasteiger charge is -2.17. The average Bonchev–Trinajstić information content (AvgIpc) is 2.33. The SMILES string of the molecule is CC(Nc1cc(F)ccc1F)c1ccc(F)cc1O. The van der Waals surface area contributed by atoms with Gasteiger partial charge in [0.15, 0.2) is 0 Å². The van der Waals surface area contributed by atoms with Crippen LogP contribution in [-0.4, -0.2) is 5.11 Å². The van der Waals surface area contributed by atoms with Gasteiger partial charge in [-0.25, -0.2) is 13.2 Å². The summed E-state index contributed by atoms with van der Waals surface area (Å²) in [5, 5.41) is 12.3. The molecule has 0 aliphatic carbocycles. The fourth-order valence-electron chi connectivity index (χ4n) is 1.80. The van der Waals surface area contributed by atoms with Gasteiger partial charge in [-0.05, 0) is 31.2 Å². The molecule has 0 fully saturated rings. The Morgan fingerprint density at radius 3 is 2.32 bits per heavy atom. The van der Waals surface area contributed by atoms with Crippen molar-refractivity contribution in [1.82, 2.24) is 0 Å². The van der Waals surface area contributed by atoms with Crippen molar-refractivity contribution in [2.75, 3.05) is 5.32 Å². The molecule has 0 saturated carbocycles. The summed E-state index contributed by atoms with van der Waals surface area (Å²) in [5.74, 6) is -1.98. The Balaban J connectivity index is 2.25. The Labute approximate surface area is 108 Å². The number of rotatable bonds is 3. The highest BCUT2D eigenvalue weighted by Crippen LogP contribution is 2.28. The normalized spacial score (nSPS) is 12.2. The summed E-state index contributed by atoms with van der Waals surface area (Å²) in [6.45, 7) is 1.65. The predicted molar refractivity (Wildman–Crippen MR) is 66.5 cm³/mol. The maximum absolute atomic E-state index is 13.5. The molecule has 19 heavy (non-hydrogen) atoms. The number of phenolic OH excluding ortho intramolecular Hbond substituents is 1. The molecule has 0 spiro atoms. The number of aromatic hydroxyl groups is 1. The van der Waals surface area contributed by atoms with Crippen molar-refractivity contribution in [1.29, 1.82) is 0 Å². The Morgan fingerprint density at radius 1 is 1.00 bits per heavy atom. The second-order valence-corrected chi connectivity index (χ2v) is 4.19. The molecule has 100 valence electrons. The molecule has 0 amide bonds. The summed E-state index contributed by atoms with van der Waals surface area (Å²) < 4.78 is 39.4. The molecule has 1 unspecified atom stereocenters. The van der Waals surface area contributed by atoms with E-state index in [0.717, 1.165) is 24.3 Å². The molecule has 0 aromatic heterocycles. The molecule has 0 aliphatic heterocycles. The molecule has 2 N–H and O–H groups in total. The fraction of sp³-hybridized carbons (Fsp3) is 0.143. The van der Waals surface area contributed by atoms with Crippen LogP contribution in [0.15, 0.2) is 36.4 Å². The Bertz CT molecular complexity index is 601. The number of hydrogen-bond acceptors (Lipinski definition) is 2. The van der Waals surface area contributed by atoms with Gasteiger partial charge >= 0.3 is 0 Å². The fourth-order valence-corrected chi connectivity index (χ4v) is 1.80. The smallest absolute Gasteiger partial charge is 0.146 e. The zero-order valence-corrected chi connectivity index (χ0v) is 10.1. The van der Waals surface area contributed by atoms with E-state index < -0.39 is 23.5 Å². The van der Waals surface area contributed by atoms with Crippen molar-refractivity contribution >= 4 is 5.69 Å². The van der Waals surface area contributed by atoms with Crippen molar-refractivity contribution < 1.29 is 18.3 Å². The van der Waals surface area contributed by atoms with Crippen LogP contribution >= 0.6 is 0 Å². The standard InChI is InChI=1S/C14H12F3NO/c1-8(11-4-2-10(16)7-14(11)19)18-13-6-9(15)3-5-12(13)17/h2-8,18-19H,1H3. The first-order chi connectivity index (χ1) is 8.97. The molecule has 5 heteroatoms. The largest absolute Gasteiger partial charge is 0.507 e. The van der Waals surface area contributed by atoms with Gasteiger partial charge in [0, 0.05) is 11.6 Å². The highest BCUT2D eigenvalue weighted by molar-refractivity contribution is 5.48. The minimum absolute atomic E-state index is 0.0174. The Kier molecular flexibility index (Phi) is 3.64. The lowest BCUT2D eigenvalue weighted by Crippen LogP contribution is -2.08. The van der Waals surface area contributed by atoms with Crippen molar-refractivity contribution in [2.45, 2.75) is 13.0 Å². The van der Waals surface area contributed by atoms with E-state index in [1.165, 1.54) is 12.1 Å². The Morgan fingerprint density at radius 2 is 1.63 bits per heavy atom. The molecule has 0 radical (unpaired) electrons. The summed E-state index contributed by atoms with van der Waals surface area (Å²) in [6.07, 6.45) is 0. The molecule has 1 atom stereocenters. The van der Waals surface area contributed by atoms with Gasteiger partial charge in [-0.2, -0.15) is 0 Å². The second-order valence-electron chi connectivity index (χ2n) is 4.19. The number of anilines is 1. The van der Waals surface area contributed by atoms with E-state index in [2.05, 4.69) is 5.32 Å². The summed E-state index contributed by atoms with van der Waals surface area (Å²) in [4.78, 5) is 0. The van der Waals surface area contributed by atoms with Crippen molar-refractivity contribution in [3.05, 3.63) is 59.4 Å². The van der Waals surface area contributed by atoms with Crippen LogP contribution in [0.25, 0.3) is 0 Å². The van der Waals surface area contributed by atoms with Crippen LogP contribution in [-0.2, 0) is 0 Å². The molecule has 2 nitrogen and oxygen atoms in total. The highest BCUT2D eigenvalue weighted by Gasteiger charge is 2.13. The molecule has 2 aromatic rings. The van der Waals surface area contributed by atoms with Crippen molar-refractivity contribution in [3.63, 3.8) is 0 Å². The van der Waals surface area contributed by atoms with Crippen LogP contribution in [0.2, 0.25) is 0 Å². The van der Waals surface area contributed by atoms with Gasteiger partial charge in [0.25, 0.3) is 0 Å². The summed E-state index contributed by atoms with van der Waals surface area (Å²) in [5.41, 5.74) is 0.376. The van der Waals surface area contributed by atoms with Crippen LogP contribution in [0.3, 0.4) is 0 Å². The maximum atomic E-state index is 13.5. The van der Waals surface area contributed by atoms with E-state index in [0.29, 0.717) is 5.56 Å². The van der Waals surface area contributed by atoms with Gasteiger partial charge in [-0.1, -0.05) is 6.07 Å². The third kappa shape index (κ3) is 2.99. The summed E-state index contributed by atoms with van der Waals surface area (Å²) >= 11 is 0. The molecular weight excluding hydrogens is 255 g/mol. The van der Waals surface area contributed by atoms with Crippen LogP contribution in [0, 0.1) is 17.5 Å². The van der Waals surface area contributed by atoms with Crippen LogP contribution < -0.4 is 5.32 Å². The van der Waals surface area contributed by atoms with Gasteiger partial charge in [0.05, 0.1) is 11.7 Å². The Hall–Kier alpha value is -2.17.